The number of ketones is 2. The first kappa shape index (κ1) is 24.0. The summed E-state index contributed by atoms with van der Waals surface area (Å²) in [7, 11) is 0. The van der Waals surface area contributed by atoms with Crippen LogP contribution in [0.4, 0.5) is 8.78 Å². The van der Waals surface area contributed by atoms with Crippen LogP contribution in [-0.4, -0.2) is 21.1 Å². The molecule has 182 valence electrons. The maximum Gasteiger partial charge on any atom is 0.173 e. The number of Topliss-reactive ketones (excluding diaryl/α,β-unsaturated/α-hetero) is 2. The van der Waals surface area contributed by atoms with Crippen LogP contribution in [0, 0.1) is 24.5 Å². The Hall–Kier alpha value is -2.71. The number of imidazole rings is 1. The summed E-state index contributed by atoms with van der Waals surface area (Å²) in [6.07, 6.45) is 4.11. The third kappa shape index (κ3) is 4.61. The lowest BCUT2D eigenvalue weighted by atomic mass is 9.82. The number of hydrogen-bond donors (Lipinski definition) is 0. The van der Waals surface area contributed by atoms with Gasteiger partial charge in [0.15, 0.2) is 17.4 Å². The van der Waals surface area contributed by atoms with Gasteiger partial charge in [0.2, 0.25) is 0 Å². The summed E-state index contributed by atoms with van der Waals surface area (Å²) in [5.74, 6) is -0.441. The standard InChI is InChI=1S/C27H26F2N2O2S2/c1-3-23(32)18-13-21-22(14-20(18)29)31(27(30-21)26-19(28)9-10-34-26)17-6-4-5-16(11-17)12-24(33)25-8-7-15(2)35-25/h7-10,13-14,16-17H,3-6,11-12H2,1-2H3/t16-,17+/m1/s1. The van der Waals surface area contributed by atoms with E-state index in [-0.39, 0.29) is 41.3 Å². The van der Waals surface area contributed by atoms with Crippen LogP contribution in [0.3, 0.4) is 0 Å². The molecule has 0 amide bonds. The average molecular weight is 513 g/mol. The molecule has 0 bridgehead atoms. The van der Waals surface area contributed by atoms with Gasteiger partial charge >= 0.3 is 0 Å². The summed E-state index contributed by atoms with van der Waals surface area (Å²) in [5.41, 5.74) is 1.06. The van der Waals surface area contributed by atoms with Crippen molar-refractivity contribution >= 4 is 45.3 Å². The van der Waals surface area contributed by atoms with Crippen molar-refractivity contribution in [1.82, 2.24) is 9.55 Å². The van der Waals surface area contributed by atoms with Crippen LogP contribution in [0.2, 0.25) is 0 Å². The van der Waals surface area contributed by atoms with E-state index < -0.39 is 5.82 Å². The van der Waals surface area contributed by atoms with Crippen molar-refractivity contribution in [2.45, 2.75) is 58.4 Å². The third-order valence-corrected chi connectivity index (χ3v) is 8.76. The van der Waals surface area contributed by atoms with E-state index in [0.29, 0.717) is 28.2 Å². The molecule has 0 spiro atoms. The number of carbonyl (C=O) groups is 2. The van der Waals surface area contributed by atoms with Gasteiger partial charge in [0.25, 0.3) is 0 Å². The number of aromatic nitrogens is 2. The lowest BCUT2D eigenvalue weighted by Crippen LogP contribution is -2.22. The SMILES string of the molecule is CCC(=O)c1cc2nc(-c3sccc3F)n([C@H]3CCC[C@@H](CC(=O)c4ccc(C)s4)C3)c2cc1F. The predicted octanol–water partition coefficient (Wildman–Crippen LogP) is 8.01. The Bertz CT molecular complexity index is 1420. The number of aryl methyl sites for hydroxylation is 1. The molecular weight excluding hydrogens is 486 g/mol. The van der Waals surface area contributed by atoms with E-state index in [1.807, 2.05) is 23.6 Å². The predicted molar refractivity (Wildman–Crippen MR) is 137 cm³/mol. The Morgan fingerprint density at radius 1 is 1.11 bits per heavy atom. The van der Waals surface area contributed by atoms with Crippen LogP contribution >= 0.6 is 22.7 Å². The number of carbonyl (C=O) groups excluding carboxylic acids is 2. The monoisotopic (exact) mass is 512 g/mol. The second-order valence-electron chi connectivity index (χ2n) is 9.22. The zero-order chi connectivity index (χ0) is 24.7. The fourth-order valence-corrected chi connectivity index (χ4v) is 6.70. The first-order valence-corrected chi connectivity index (χ1v) is 13.6. The molecule has 3 heterocycles. The molecular formula is C27H26F2N2O2S2. The zero-order valence-electron chi connectivity index (χ0n) is 19.6. The Morgan fingerprint density at radius 2 is 1.94 bits per heavy atom. The molecule has 0 unspecified atom stereocenters. The minimum absolute atomic E-state index is 0.0150. The van der Waals surface area contributed by atoms with Crippen molar-refractivity contribution in [3.63, 3.8) is 0 Å². The molecule has 4 aromatic rings. The van der Waals surface area contributed by atoms with Crippen LogP contribution < -0.4 is 0 Å². The second kappa shape index (κ2) is 9.74. The number of nitrogens with zero attached hydrogens (tertiary/aromatic N) is 2. The highest BCUT2D eigenvalue weighted by Gasteiger charge is 2.30. The Morgan fingerprint density at radius 3 is 2.63 bits per heavy atom. The smallest absolute Gasteiger partial charge is 0.173 e. The van der Waals surface area contributed by atoms with Gasteiger partial charge in [0.1, 0.15) is 16.5 Å². The molecule has 1 aliphatic carbocycles. The van der Waals surface area contributed by atoms with Crippen molar-refractivity contribution in [3.8, 4) is 10.7 Å². The van der Waals surface area contributed by atoms with Crippen LogP contribution in [-0.2, 0) is 0 Å². The van der Waals surface area contributed by atoms with Crippen molar-refractivity contribution in [3.05, 3.63) is 62.7 Å². The van der Waals surface area contributed by atoms with Gasteiger partial charge in [-0.3, -0.25) is 9.59 Å². The topological polar surface area (TPSA) is 52.0 Å². The van der Waals surface area contributed by atoms with E-state index in [9.17, 15) is 18.4 Å². The molecule has 8 heteroatoms. The van der Waals surface area contributed by atoms with Crippen molar-refractivity contribution in [2.75, 3.05) is 0 Å². The van der Waals surface area contributed by atoms with Crippen molar-refractivity contribution < 1.29 is 18.4 Å². The van der Waals surface area contributed by atoms with Gasteiger partial charge in [-0.15, -0.1) is 22.7 Å². The summed E-state index contributed by atoms with van der Waals surface area (Å²) < 4.78 is 31.6. The Kier molecular flexibility index (Phi) is 6.68. The number of hydrogen-bond acceptors (Lipinski definition) is 5. The van der Waals surface area contributed by atoms with Gasteiger partial charge in [-0.1, -0.05) is 13.3 Å². The zero-order valence-corrected chi connectivity index (χ0v) is 21.3. The quantitative estimate of drug-likeness (QED) is 0.236. The highest BCUT2D eigenvalue weighted by Crippen LogP contribution is 2.41. The molecule has 0 radical (unpaired) electrons. The van der Waals surface area contributed by atoms with Crippen LogP contribution in [0.5, 0.6) is 0 Å². The Balaban J connectivity index is 1.53. The number of benzene rings is 1. The molecule has 1 saturated carbocycles. The molecule has 3 aromatic heterocycles. The molecule has 1 aromatic carbocycles. The third-order valence-electron chi connectivity index (χ3n) is 6.83. The van der Waals surface area contributed by atoms with E-state index >= 15 is 0 Å². The lowest BCUT2D eigenvalue weighted by Gasteiger charge is -2.31. The lowest BCUT2D eigenvalue weighted by molar-refractivity contribution is 0.0944. The number of thiophene rings is 2. The van der Waals surface area contributed by atoms with Gasteiger partial charge in [0.05, 0.1) is 21.5 Å². The Labute approximate surface area is 210 Å². The molecule has 4 nitrogen and oxygen atoms in total. The molecule has 2 atom stereocenters. The van der Waals surface area contributed by atoms with E-state index in [1.54, 1.807) is 12.3 Å². The minimum Gasteiger partial charge on any atom is -0.320 e. The molecule has 0 N–H and O–H groups in total. The highest BCUT2D eigenvalue weighted by molar-refractivity contribution is 7.14. The van der Waals surface area contributed by atoms with Gasteiger partial charge in [-0.25, -0.2) is 13.8 Å². The molecule has 35 heavy (non-hydrogen) atoms. The summed E-state index contributed by atoms with van der Waals surface area (Å²) in [6.45, 7) is 3.68. The second-order valence-corrected chi connectivity index (χ2v) is 11.4. The average Bonchev–Trinajstić information content (AvgIpc) is 3.56. The summed E-state index contributed by atoms with van der Waals surface area (Å²) in [4.78, 5) is 32.1. The normalized spacial score (nSPS) is 18.3. The minimum atomic E-state index is -0.584. The van der Waals surface area contributed by atoms with Crippen molar-refractivity contribution in [2.24, 2.45) is 5.92 Å². The van der Waals surface area contributed by atoms with Gasteiger partial charge in [-0.2, -0.15) is 0 Å². The van der Waals surface area contributed by atoms with E-state index in [2.05, 4.69) is 0 Å². The number of fused-ring (bicyclic) bond motifs is 1. The molecule has 1 fully saturated rings. The molecule has 0 aliphatic heterocycles. The number of rotatable bonds is 7. The summed E-state index contributed by atoms with van der Waals surface area (Å²) in [5, 5.41) is 1.67. The summed E-state index contributed by atoms with van der Waals surface area (Å²) >= 11 is 2.77. The number of halogens is 2. The first-order valence-electron chi connectivity index (χ1n) is 11.9. The van der Waals surface area contributed by atoms with E-state index in [1.165, 1.54) is 40.9 Å². The largest absolute Gasteiger partial charge is 0.320 e. The van der Waals surface area contributed by atoms with Gasteiger partial charge < -0.3 is 4.57 Å². The van der Waals surface area contributed by atoms with Gasteiger partial charge in [0, 0.05) is 29.8 Å². The first-order chi connectivity index (χ1) is 16.9. The molecule has 1 aliphatic rings. The fourth-order valence-electron chi connectivity index (χ4n) is 5.13. The highest BCUT2D eigenvalue weighted by atomic mass is 32.1. The van der Waals surface area contributed by atoms with Crippen LogP contribution in [0.15, 0.2) is 35.7 Å². The fraction of sp³-hybridized carbons (Fsp3) is 0.370. The maximum absolute atomic E-state index is 15.0. The van der Waals surface area contributed by atoms with Gasteiger partial charge in [-0.05, 0) is 61.7 Å². The van der Waals surface area contributed by atoms with Crippen molar-refractivity contribution in [1.29, 1.82) is 0 Å². The molecule has 5 rings (SSSR count). The van der Waals surface area contributed by atoms with Crippen LogP contribution in [0.1, 0.15) is 76.4 Å². The summed E-state index contributed by atoms with van der Waals surface area (Å²) in [6, 6.07) is 8.07. The van der Waals surface area contributed by atoms with E-state index in [4.69, 9.17) is 4.98 Å². The molecule has 0 saturated heterocycles. The van der Waals surface area contributed by atoms with Crippen LogP contribution in [0.25, 0.3) is 21.7 Å². The van der Waals surface area contributed by atoms with E-state index in [0.717, 1.165) is 35.4 Å². The maximum atomic E-state index is 15.0.